The fraction of sp³-hybridized carbons (Fsp3) is 0. The molecule has 0 spiro atoms. The topological polar surface area (TPSA) is 80.3 Å². The summed E-state index contributed by atoms with van der Waals surface area (Å²) in [6.07, 6.45) is 0. The second kappa shape index (κ2) is 2.55. The zero-order valence-corrected chi connectivity index (χ0v) is 4.54. The van der Waals surface area contributed by atoms with Crippen molar-refractivity contribution in [1.29, 1.82) is 0 Å². The van der Waals surface area contributed by atoms with E-state index in [-0.39, 0.29) is 18.8 Å². The third-order valence-corrected chi connectivity index (χ3v) is 0. The van der Waals surface area contributed by atoms with Crippen LogP contribution in [0.3, 0.4) is 0 Å². The van der Waals surface area contributed by atoms with Gasteiger partial charge in [0.2, 0.25) is 0 Å². The van der Waals surface area contributed by atoms with Gasteiger partial charge < -0.3 is 9.11 Å². The average molecular weight is 149 g/mol. The van der Waals surface area contributed by atoms with E-state index in [1.807, 2.05) is 0 Å². The molecule has 0 aromatic heterocycles. The maximum absolute atomic E-state index is 8.52. The molecule has 6 heavy (non-hydrogen) atoms. The average Bonchev–Trinajstić information content (AvgIpc) is 0.722. The molecular formula is HCrO4S+2. The molecule has 6 heteroatoms. The van der Waals surface area contributed by atoms with Crippen LogP contribution in [0.4, 0.5) is 0 Å². The second-order valence-electron chi connectivity index (χ2n) is 0.408. The maximum Gasteiger partial charge on any atom is 3.00 e. The minimum Gasteiger partial charge on any atom is -0.759 e. The summed E-state index contributed by atoms with van der Waals surface area (Å²) < 4.78 is 34.1. The Kier molecular flexibility index (Phi) is 4.10. The van der Waals surface area contributed by atoms with Crippen LogP contribution in [-0.2, 0) is 27.8 Å². The molecule has 0 atom stereocenters. The molecule has 4 nitrogen and oxygen atoms in total. The van der Waals surface area contributed by atoms with Gasteiger partial charge in [0.15, 0.2) is 0 Å². The Hall–Kier alpha value is 0.402. The van der Waals surface area contributed by atoms with Crippen molar-refractivity contribution in [3.05, 3.63) is 0 Å². The van der Waals surface area contributed by atoms with Crippen LogP contribution in [0.15, 0.2) is 0 Å². The van der Waals surface area contributed by atoms with Gasteiger partial charge in [0.05, 0.1) is 0 Å². The van der Waals surface area contributed by atoms with E-state index in [2.05, 4.69) is 0 Å². The molecule has 0 saturated carbocycles. The van der Waals surface area contributed by atoms with Crippen molar-refractivity contribution in [3.63, 3.8) is 0 Å². The Balaban J connectivity index is -0.0000000800. The largest absolute Gasteiger partial charge is 3.00 e. The Morgan fingerprint density at radius 2 is 1.33 bits per heavy atom. The number of hydrogen-bond donors (Lipinski definition) is 0. The molecule has 0 unspecified atom stereocenters. The van der Waals surface area contributed by atoms with Gasteiger partial charge in [-0.1, -0.05) is 0 Å². The van der Waals surface area contributed by atoms with E-state index < -0.39 is 10.4 Å². The summed E-state index contributed by atoms with van der Waals surface area (Å²) >= 11 is 0. The zero-order valence-electron chi connectivity index (χ0n) is 3.45. The smallest absolute Gasteiger partial charge is 0.759 e. The van der Waals surface area contributed by atoms with Gasteiger partial charge in [-0.3, -0.25) is 8.42 Å². The molecule has 0 aromatic carbocycles. The van der Waals surface area contributed by atoms with Crippen molar-refractivity contribution in [2.45, 2.75) is 0 Å². The first-order chi connectivity index (χ1) is 2.00. The molecule has 35 valence electrons. The van der Waals surface area contributed by atoms with Crippen LogP contribution in [0.1, 0.15) is 1.43 Å². The van der Waals surface area contributed by atoms with Gasteiger partial charge in [-0.25, -0.2) is 0 Å². The van der Waals surface area contributed by atoms with E-state index in [9.17, 15) is 0 Å². The summed E-state index contributed by atoms with van der Waals surface area (Å²) in [7, 11) is -5.17. The molecule has 0 amide bonds. The normalized spacial score (nSPS) is 9.67. The molecule has 0 heterocycles. The van der Waals surface area contributed by atoms with E-state index in [0.717, 1.165) is 0 Å². The van der Waals surface area contributed by atoms with Gasteiger partial charge in [-0.15, -0.1) is 0 Å². The minimum absolute atomic E-state index is 0. The summed E-state index contributed by atoms with van der Waals surface area (Å²) in [4.78, 5) is 0. The van der Waals surface area contributed by atoms with Crippen molar-refractivity contribution in [1.82, 2.24) is 0 Å². The first-order valence-electron chi connectivity index (χ1n) is 0.667. The van der Waals surface area contributed by atoms with E-state index in [0.29, 0.717) is 0 Å². The van der Waals surface area contributed by atoms with Crippen LogP contribution in [-0.4, -0.2) is 17.5 Å². The molecule has 0 aromatic rings. The van der Waals surface area contributed by atoms with Gasteiger partial charge in [0.1, 0.15) is 0 Å². The minimum atomic E-state index is -5.17. The molecule has 0 aliphatic rings. The van der Waals surface area contributed by atoms with Crippen molar-refractivity contribution >= 4 is 10.4 Å². The molecule has 0 aliphatic heterocycles. The first kappa shape index (κ1) is 9.64. The summed E-state index contributed by atoms with van der Waals surface area (Å²) in [5.41, 5.74) is 0. The molecule has 0 fully saturated rings. The van der Waals surface area contributed by atoms with E-state index in [4.69, 9.17) is 17.5 Å². The fourth-order valence-corrected chi connectivity index (χ4v) is 0. The third kappa shape index (κ3) is 315. The molecule has 0 N–H and O–H groups in total. The molecule has 0 aliphatic carbocycles. The number of rotatable bonds is 0. The van der Waals surface area contributed by atoms with E-state index >= 15 is 0 Å². The predicted molar refractivity (Wildman–Crippen MR) is 11.6 cm³/mol. The van der Waals surface area contributed by atoms with Crippen molar-refractivity contribution in [2.24, 2.45) is 0 Å². The van der Waals surface area contributed by atoms with Gasteiger partial charge in [0, 0.05) is 10.4 Å². The van der Waals surface area contributed by atoms with E-state index in [1.165, 1.54) is 0 Å². The second-order valence-corrected chi connectivity index (χ2v) is 1.22. The molecule has 0 rings (SSSR count). The standard InChI is InChI=1S/Cr.H2O4S/c;1-5(2,3)4/h;(H2,1,2,3,4)/q+3;/p-1. The Labute approximate surface area is 47.4 Å². The first-order valence-corrected chi connectivity index (χ1v) is 2.00. The zero-order chi connectivity index (χ0) is 4.50. The van der Waals surface area contributed by atoms with Crippen molar-refractivity contribution < 1.29 is 36.3 Å². The Morgan fingerprint density at radius 3 is 1.33 bits per heavy atom. The third-order valence-electron chi connectivity index (χ3n) is 0. The molecule has 0 saturated heterocycles. The fourth-order valence-electron chi connectivity index (χ4n) is 0. The van der Waals surface area contributed by atoms with Crippen LogP contribution < -0.4 is 0 Å². The van der Waals surface area contributed by atoms with Gasteiger partial charge in [-0.2, -0.15) is 0 Å². The van der Waals surface area contributed by atoms with E-state index in [1.54, 1.807) is 0 Å². The maximum atomic E-state index is 8.52. The SMILES string of the molecule is O=S(=O)([O-])[O-].[Cr+3].[H+]. The number of hydrogen-bond acceptors (Lipinski definition) is 4. The summed E-state index contributed by atoms with van der Waals surface area (Å²) in [5.74, 6) is 0. The molecule has 0 bridgehead atoms. The molecule has 1 radical (unpaired) electrons. The summed E-state index contributed by atoms with van der Waals surface area (Å²) in [5, 5.41) is 0. The Morgan fingerprint density at radius 1 is 1.33 bits per heavy atom. The predicted octanol–water partition coefficient (Wildman–Crippen LogP) is -1.23. The van der Waals surface area contributed by atoms with Crippen LogP contribution in [0.25, 0.3) is 0 Å². The van der Waals surface area contributed by atoms with Gasteiger partial charge >= 0.3 is 18.8 Å². The van der Waals surface area contributed by atoms with Crippen LogP contribution in [0.2, 0.25) is 0 Å². The Bertz CT molecular complexity index is 94.9. The van der Waals surface area contributed by atoms with Crippen molar-refractivity contribution in [3.8, 4) is 0 Å². The van der Waals surface area contributed by atoms with Gasteiger partial charge in [0.25, 0.3) is 0 Å². The van der Waals surface area contributed by atoms with Crippen molar-refractivity contribution in [2.75, 3.05) is 0 Å². The van der Waals surface area contributed by atoms with Crippen LogP contribution >= 0.6 is 0 Å². The molecular weight excluding hydrogens is 148 g/mol. The van der Waals surface area contributed by atoms with Crippen LogP contribution in [0, 0.1) is 0 Å². The summed E-state index contributed by atoms with van der Waals surface area (Å²) in [6, 6.07) is 0. The van der Waals surface area contributed by atoms with Gasteiger partial charge in [-0.05, 0) is 0 Å². The quantitative estimate of drug-likeness (QED) is 0.319. The monoisotopic (exact) mass is 149 g/mol. The summed E-state index contributed by atoms with van der Waals surface area (Å²) in [6.45, 7) is 0. The van der Waals surface area contributed by atoms with Crippen LogP contribution in [0.5, 0.6) is 0 Å².